The average Bonchev–Trinajstić information content (AvgIpc) is 3.12. The summed E-state index contributed by atoms with van der Waals surface area (Å²) in [6.45, 7) is 0. The molecule has 0 unspecified atom stereocenters. The first kappa shape index (κ1) is 15.7. The molecule has 0 fully saturated rings. The predicted molar refractivity (Wildman–Crippen MR) is 93.8 cm³/mol. The second kappa shape index (κ2) is 6.25. The molecule has 0 aliphatic heterocycles. The molecule has 7 nitrogen and oxygen atoms in total. The van der Waals surface area contributed by atoms with E-state index < -0.39 is 17.3 Å². The smallest absolute Gasteiger partial charge is 0.276 e. The number of aromatic amines is 1. The van der Waals surface area contributed by atoms with Crippen molar-refractivity contribution >= 4 is 22.6 Å². The van der Waals surface area contributed by atoms with Crippen molar-refractivity contribution in [2.45, 2.75) is 0 Å². The van der Waals surface area contributed by atoms with E-state index in [4.69, 9.17) is 0 Å². The summed E-state index contributed by atoms with van der Waals surface area (Å²) in [6, 6.07) is 13.5. The molecule has 0 saturated heterocycles. The molecule has 128 valence electrons. The van der Waals surface area contributed by atoms with E-state index >= 15 is 0 Å². The van der Waals surface area contributed by atoms with Crippen LogP contribution >= 0.6 is 0 Å². The Morgan fingerprint density at radius 2 is 1.92 bits per heavy atom. The number of halogens is 1. The number of rotatable bonds is 3. The summed E-state index contributed by atoms with van der Waals surface area (Å²) >= 11 is 0. The molecular weight excluding hydrogens is 337 g/mol. The van der Waals surface area contributed by atoms with Crippen LogP contribution in [0.1, 0.15) is 10.5 Å². The molecule has 4 aromatic rings. The Balaban J connectivity index is 1.71. The number of anilines is 1. The van der Waals surface area contributed by atoms with E-state index in [1.54, 1.807) is 18.2 Å². The van der Waals surface area contributed by atoms with Gasteiger partial charge in [0.05, 0.1) is 17.5 Å². The SMILES string of the molecule is O=C(Nc1cccc2[nH]cnc12)c1ccc(=O)n(-c2ccccc2F)n1. The first-order valence-corrected chi connectivity index (χ1v) is 7.72. The van der Waals surface area contributed by atoms with Gasteiger partial charge in [0.15, 0.2) is 0 Å². The van der Waals surface area contributed by atoms with Gasteiger partial charge in [0.1, 0.15) is 22.7 Å². The largest absolute Gasteiger partial charge is 0.345 e. The highest BCUT2D eigenvalue weighted by molar-refractivity contribution is 6.06. The number of H-pyrrole nitrogens is 1. The van der Waals surface area contributed by atoms with Crippen LogP contribution in [0.15, 0.2) is 65.7 Å². The van der Waals surface area contributed by atoms with Crippen LogP contribution in [-0.2, 0) is 0 Å². The van der Waals surface area contributed by atoms with Crippen LogP contribution in [0.3, 0.4) is 0 Å². The number of fused-ring (bicyclic) bond motifs is 1. The van der Waals surface area contributed by atoms with Gasteiger partial charge < -0.3 is 10.3 Å². The number of aromatic nitrogens is 4. The van der Waals surface area contributed by atoms with Gasteiger partial charge in [-0.25, -0.2) is 9.37 Å². The van der Waals surface area contributed by atoms with Crippen molar-refractivity contribution in [3.8, 4) is 5.69 Å². The molecule has 26 heavy (non-hydrogen) atoms. The highest BCUT2D eigenvalue weighted by atomic mass is 19.1. The molecule has 1 amide bonds. The highest BCUT2D eigenvalue weighted by Gasteiger charge is 2.14. The molecule has 0 saturated carbocycles. The molecule has 0 spiro atoms. The van der Waals surface area contributed by atoms with Crippen molar-refractivity contribution in [2.75, 3.05) is 5.32 Å². The summed E-state index contributed by atoms with van der Waals surface area (Å²) in [5.74, 6) is -1.15. The number of carbonyl (C=O) groups is 1. The molecule has 0 aliphatic carbocycles. The van der Waals surface area contributed by atoms with E-state index in [1.807, 2.05) is 6.07 Å². The Bertz CT molecular complexity index is 1180. The maximum absolute atomic E-state index is 14.0. The lowest BCUT2D eigenvalue weighted by Gasteiger charge is -2.09. The summed E-state index contributed by atoms with van der Waals surface area (Å²) < 4.78 is 14.8. The van der Waals surface area contributed by atoms with Gasteiger partial charge in [-0.2, -0.15) is 9.78 Å². The van der Waals surface area contributed by atoms with Crippen molar-refractivity contribution in [2.24, 2.45) is 0 Å². The van der Waals surface area contributed by atoms with Crippen molar-refractivity contribution in [1.82, 2.24) is 19.7 Å². The van der Waals surface area contributed by atoms with E-state index in [0.29, 0.717) is 11.2 Å². The van der Waals surface area contributed by atoms with Gasteiger partial charge >= 0.3 is 0 Å². The normalized spacial score (nSPS) is 10.8. The third-order valence-corrected chi connectivity index (χ3v) is 3.81. The lowest BCUT2D eigenvalue weighted by Crippen LogP contribution is -2.25. The van der Waals surface area contributed by atoms with Gasteiger partial charge in [0.2, 0.25) is 0 Å². The number of amides is 1. The molecular formula is C18H12FN5O2. The van der Waals surface area contributed by atoms with E-state index in [-0.39, 0.29) is 11.4 Å². The van der Waals surface area contributed by atoms with Gasteiger partial charge in [0.25, 0.3) is 11.5 Å². The van der Waals surface area contributed by atoms with Crippen LogP contribution in [0, 0.1) is 5.82 Å². The second-order valence-electron chi connectivity index (χ2n) is 5.48. The van der Waals surface area contributed by atoms with Crippen LogP contribution in [0.5, 0.6) is 0 Å². The number of benzene rings is 2. The Labute approximate surface area is 146 Å². The molecule has 0 bridgehead atoms. The average molecular weight is 349 g/mol. The van der Waals surface area contributed by atoms with E-state index in [9.17, 15) is 14.0 Å². The zero-order valence-corrected chi connectivity index (χ0v) is 13.3. The number of hydrogen-bond donors (Lipinski definition) is 2. The second-order valence-corrected chi connectivity index (χ2v) is 5.48. The standard InChI is InChI=1S/C18H12FN5O2/c19-11-4-1-2-7-15(11)24-16(25)9-8-14(23-24)18(26)22-13-6-3-5-12-17(13)21-10-20-12/h1-10H,(H,20,21)(H,22,26). The highest BCUT2D eigenvalue weighted by Crippen LogP contribution is 2.20. The summed E-state index contributed by atoms with van der Waals surface area (Å²) in [4.78, 5) is 31.7. The predicted octanol–water partition coefficient (Wildman–Crippen LogP) is 2.50. The van der Waals surface area contributed by atoms with E-state index in [1.165, 1.54) is 36.7 Å². The van der Waals surface area contributed by atoms with Crippen LogP contribution < -0.4 is 10.9 Å². The number of carbonyl (C=O) groups excluding carboxylic acids is 1. The summed E-state index contributed by atoms with van der Waals surface area (Å²) in [7, 11) is 0. The van der Waals surface area contributed by atoms with Crippen molar-refractivity contribution in [3.05, 3.63) is 82.8 Å². The van der Waals surface area contributed by atoms with E-state index in [2.05, 4.69) is 20.4 Å². The Morgan fingerprint density at radius 3 is 2.77 bits per heavy atom. The summed E-state index contributed by atoms with van der Waals surface area (Å²) in [5, 5.41) is 6.70. The maximum Gasteiger partial charge on any atom is 0.276 e. The van der Waals surface area contributed by atoms with Gasteiger partial charge in [-0.1, -0.05) is 18.2 Å². The fourth-order valence-electron chi connectivity index (χ4n) is 2.58. The monoisotopic (exact) mass is 349 g/mol. The quantitative estimate of drug-likeness (QED) is 0.594. The fraction of sp³-hybridized carbons (Fsp3) is 0. The molecule has 8 heteroatoms. The van der Waals surface area contributed by atoms with Gasteiger partial charge in [0, 0.05) is 6.07 Å². The topological polar surface area (TPSA) is 92.7 Å². The lowest BCUT2D eigenvalue weighted by atomic mass is 10.2. The third-order valence-electron chi connectivity index (χ3n) is 3.81. The van der Waals surface area contributed by atoms with Crippen molar-refractivity contribution in [3.63, 3.8) is 0 Å². The molecule has 2 heterocycles. The molecule has 4 rings (SSSR count). The van der Waals surface area contributed by atoms with Gasteiger partial charge in [-0.05, 0) is 30.3 Å². The van der Waals surface area contributed by atoms with Crippen molar-refractivity contribution in [1.29, 1.82) is 0 Å². The maximum atomic E-state index is 14.0. The summed E-state index contributed by atoms with van der Waals surface area (Å²) in [5.41, 5.74) is 1.28. The first-order valence-electron chi connectivity index (χ1n) is 7.72. The molecule has 2 aromatic heterocycles. The Hall–Kier alpha value is -3.81. The number of nitrogens with zero attached hydrogens (tertiary/aromatic N) is 3. The van der Waals surface area contributed by atoms with Crippen LogP contribution in [0.4, 0.5) is 10.1 Å². The van der Waals surface area contributed by atoms with Gasteiger partial charge in [-0.3, -0.25) is 9.59 Å². The molecule has 0 atom stereocenters. The first-order chi connectivity index (χ1) is 12.6. The van der Waals surface area contributed by atoms with Gasteiger partial charge in [-0.15, -0.1) is 0 Å². The van der Waals surface area contributed by atoms with Crippen LogP contribution in [-0.4, -0.2) is 25.7 Å². The zero-order chi connectivity index (χ0) is 18.1. The Morgan fingerprint density at radius 1 is 1.08 bits per heavy atom. The third kappa shape index (κ3) is 2.73. The minimum absolute atomic E-state index is 0.0263. The lowest BCUT2D eigenvalue weighted by molar-refractivity contribution is 0.102. The van der Waals surface area contributed by atoms with E-state index in [0.717, 1.165) is 10.2 Å². The fourth-order valence-corrected chi connectivity index (χ4v) is 2.58. The molecule has 2 aromatic carbocycles. The molecule has 0 aliphatic rings. The van der Waals surface area contributed by atoms with Crippen LogP contribution in [0.2, 0.25) is 0 Å². The zero-order valence-electron chi connectivity index (χ0n) is 13.3. The number of para-hydroxylation sites is 2. The summed E-state index contributed by atoms with van der Waals surface area (Å²) in [6.07, 6.45) is 1.52. The Kier molecular flexibility index (Phi) is 3.77. The minimum Gasteiger partial charge on any atom is -0.345 e. The minimum atomic E-state index is -0.610. The number of nitrogens with one attached hydrogen (secondary N) is 2. The van der Waals surface area contributed by atoms with Crippen molar-refractivity contribution < 1.29 is 9.18 Å². The number of imidazole rings is 1. The molecule has 2 N–H and O–H groups in total. The molecule has 0 radical (unpaired) electrons. The number of hydrogen-bond acceptors (Lipinski definition) is 4. The van der Waals surface area contributed by atoms with Crippen LogP contribution in [0.25, 0.3) is 16.7 Å².